The highest BCUT2D eigenvalue weighted by atomic mass is 16.2. The maximum absolute atomic E-state index is 12.0. The molecule has 2 amide bonds. The maximum Gasteiger partial charge on any atom is 0.232 e. The van der Waals surface area contributed by atoms with Crippen molar-refractivity contribution in [2.45, 2.75) is 19.9 Å². The molecule has 0 aromatic heterocycles. The third-order valence-corrected chi connectivity index (χ3v) is 3.91. The molecule has 1 aliphatic heterocycles. The zero-order valence-corrected chi connectivity index (χ0v) is 12.8. The Bertz CT molecular complexity index is 508. The molecular weight excluding hydrogens is 266 g/mol. The highest BCUT2D eigenvalue weighted by Gasteiger charge is 2.20. The van der Waals surface area contributed by atoms with Crippen molar-refractivity contribution in [3.8, 4) is 0 Å². The van der Waals surface area contributed by atoms with Gasteiger partial charge >= 0.3 is 0 Å². The van der Waals surface area contributed by atoms with Crippen LogP contribution in [0.25, 0.3) is 0 Å². The summed E-state index contributed by atoms with van der Waals surface area (Å²) < 4.78 is 0. The highest BCUT2D eigenvalue weighted by Crippen LogP contribution is 2.06. The van der Waals surface area contributed by atoms with Crippen molar-refractivity contribution in [3.05, 3.63) is 35.4 Å². The van der Waals surface area contributed by atoms with Crippen molar-refractivity contribution >= 4 is 11.8 Å². The van der Waals surface area contributed by atoms with Crippen LogP contribution in [0.4, 0.5) is 0 Å². The van der Waals surface area contributed by atoms with Gasteiger partial charge in [-0.25, -0.2) is 0 Å². The number of aryl methyl sites for hydroxylation is 1. The maximum atomic E-state index is 12.0. The Morgan fingerprint density at radius 3 is 2.48 bits per heavy atom. The van der Waals surface area contributed by atoms with Gasteiger partial charge in [-0.2, -0.15) is 0 Å². The first-order chi connectivity index (χ1) is 10.1. The van der Waals surface area contributed by atoms with E-state index < -0.39 is 0 Å². The Balaban J connectivity index is 1.77. The number of amides is 2. The fourth-order valence-corrected chi connectivity index (χ4v) is 2.37. The van der Waals surface area contributed by atoms with Gasteiger partial charge in [-0.05, 0) is 25.1 Å². The van der Waals surface area contributed by atoms with Crippen LogP contribution in [0.2, 0.25) is 0 Å². The summed E-state index contributed by atoms with van der Waals surface area (Å²) in [5.74, 6) is -0.285. The van der Waals surface area contributed by atoms with Gasteiger partial charge in [0.25, 0.3) is 0 Å². The second-order valence-electron chi connectivity index (χ2n) is 5.56. The smallest absolute Gasteiger partial charge is 0.232 e. The van der Waals surface area contributed by atoms with Crippen LogP contribution in [0.3, 0.4) is 0 Å². The first-order valence-electron chi connectivity index (χ1n) is 7.34. The molecule has 1 aliphatic rings. The Morgan fingerprint density at radius 2 is 1.81 bits per heavy atom. The predicted octanol–water partition coefficient (Wildman–Crippen LogP) is 0.775. The van der Waals surface area contributed by atoms with Crippen molar-refractivity contribution in [1.82, 2.24) is 15.1 Å². The average Bonchev–Trinajstić information content (AvgIpc) is 2.47. The number of piperazine rings is 1. The van der Waals surface area contributed by atoms with E-state index in [1.807, 2.05) is 38.2 Å². The van der Waals surface area contributed by atoms with E-state index in [-0.39, 0.29) is 18.2 Å². The van der Waals surface area contributed by atoms with Crippen LogP contribution >= 0.6 is 0 Å². The lowest BCUT2D eigenvalue weighted by molar-refractivity contribution is -0.137. The molecule has 5 heteroatoms. The number of carbonyl (C=O) groups excluding carboxylic acids is 2. The van der Waals surface area contributed by atoms with E-state index in [2.05, 4.69) is 10.2 Å². The zero-order valence-electron chi connectivity index (χ0n) is 12.8. The van der Waals surface area contributed by atoms with Crippen LogP contribution in [-0.4, -0.2) is 54.8 Å². The average molecular weight is 289 g/mol. The van der Waals surface area contributed by atoms with Crippen molar-refractivity contribution in [2.75, 3.05) is 33.2 Å². The molecule has 1 N–H and O–H groups in total. The van der Waals surface area contributed by atoms with Crippen LogP contribution in [0.5, 0.6) is 0 Å². The normalized spacial score (nSPS) is 15.8. The molecule has 0 unspecified atom stereocenters. The SMILES string of the molecule is Cc1ccccc1CNC(=O)CC(=O)N1CCN(C)CC1. The summed E-state index contributed by atoms with van der Waals surface area (Å²) in [4.78, 5) is 27.9. The van der Waals surface area contributed by atoms with E-state index in [4.69, 9.17) is 0 Å². The van der Waals surface area contributed by atoms with E-state index in [0.29, 0.717) is 19.6 Å². The standard InChI is InChI=1S/C16H23N3O2/c1-13-5-3-4-6-14(13)12-17-15(20)11-16(21)19-9-7-18(2)8-10-19/h3-6H,7-12H2,1-2H3,(H,17,20). The summed E-state index contributed by atoms with van der Waals surface area (Å²) in [6, 6.07) is 7.91. The highest BCUT2D eigenvalue weighted by molar-refractivity contribution is 5.96. The molecule has 0 spiro atoms. The first kappa shape index (κ1) is 15.5. The first-order valence-corrected chi connectivity index (χ1v) is 7.34. The van der Waals surface area contributed by atoms with Crippen molar-refractivity contribution in [2.24, 2.45) is 0 Å². The molecule has 1 fully saturated rings. The Kier molecular flexibility index (Phi) is 5.33. The van der Waals surface area contributed by atoms with Gasteiger partial charge in [-0.15, -0.1) is 0 Å². The molecule has 1 saturated heterocycles. The second-order valence-corrected chi connectivity index (χ2v) is 5.56. The van der Waals surface area contributed by atoms with E-state index >= 15 is 0 Å². The largest absolute Gasteiger partial charge is 0.352 e. The third-order valence-electron chi connectivity index (χ3n) is 3.91. The molecule has 0 atom stereocenters. The van der Waals surface area contributed by atoms with Gasteiger partial charge < -0.3 is 15.1 Å². The van der Waals surface area contributed by atoms with Gasteiger partial charge in [-0.3, -0.25) is 9.59 Å². The van der Waals surface area contributed by atoms with Crippen LogP contribution in [0, 0.1) is 6.92 Å². The minimum Gasteiger partial charge on any atom is -0.352 e. The third kappa shape index (κ3) is 4.56. The lowest BCUT2D eigenvalue weighted by Crippen LogP contribution is -2.48. The molecule has 1 aromatic rings. The number of benzene rings is 1. The molecule has 0 saturated carbocycles. The predicted molar refractivity (Wildman–Crippen MR) is 81.7 cm³/mol. The van der Waals surface area contributed by atoms with Crippen LogP contribution in [0.15, 0.2) is 24.3 Å². The fraction of sp³-hybridized carbons (Fsp3) is 0.500. The molecule has 1 heterocycles. The summed E-state index contributed by atoms with van der Waals surface area (Å²) in [6.07, 6.45) is -0.0599. The molecular formula is C16H23N3O2. The molecule has 1 aromatic carbocycles. The quantitative estimate of drug-likeness (QED) is 0.833. The summed E-state index contributed by atoms with van der Waals surface area (Å²) in [6.45, 7) is 5.65. The van der Waals surface area contributed by atoms with E-state index in [1.54, 1.807) is 4.90 Å². The van der Waals surface area contributed by atoms with Gasteiger partial charge in [-0.1, -0.05) is 24.3 Å². The van der Waals surface area contributed by atoms with E-state index in [9.17, 15) is 9.59 Å². The topological polar surface area (TPSA) is 52.7 Å². The Hall–Kier alpha value is -1.88. The summed E-state index contributed by atoms with van der Waals surface area (Å²) >= 11 is 0. The number of likely N-dealkylation sites (N-methyl/N-ethyl adjacent to an activating group) is 1. The number of nitrogens with zero attached hydrogens (tertiary/aromatic N) is 2. The van der Waals surface area contributed by atoms with Crippen LogP contribution in [-0.2, 0) is 16.1 Å². The zero-order chi connectivity index (χ0) is 15.2. The lowest BCUT2D eigenvalue weighted by Gasteiger charge is -2.32. The summed E-state index contributed by atoms with van der Waals surface area (Å²) in [7, 11) is 2.04. The monoisotopic (exact) mass is 289 g/mol. The molecule has 0 bridgehead atoms. The Morgan fingerprint density at radius 1 is 1.14 bits per heavy atom. The van der Waals surface area contributed by atoms with Crippen molar-refractivity contribution in [3.63, 3.8) is 0 Å². The lowest BCUT2D eigenvalue weighted by atomic mass is 10.1. The van der Waals surface area contributed by atoms with Gasteiger partial charge in [0.2, 0.25) is 11.8 Å². The van der Waals surface area contributed by atoms with Crippen molar-refractivity contribution in [1.29, 1.82) is 0 Å². The number of carbonyl (C=O) groups is 2. The van der Waals surface area contributed by atoms with Gasteiger partial charge in [0.1, 0.15) is 6.42 Å². The van der Waals surface area contributed by atoms with Crippen molar-refractivity contribution < 1.29 is 9.59 Å². The summed E-state index contributed by atoms with van der Waals surface area (Å²) in [5, 5.41) is 2.82. The molecule has 114 valence electrons. The fourth-order valence-electron chi connectivity index (χ4n) is 2.37. The molecule has 21 heavy (non-hydrogen) atoms. The second kappa shape index (κ2) is 7.22. The minimum absolute atomic E-state index is 0.0599. The Labute approximate surface area is 125 Å². The van der Waals surface area contributed by atoms with Gasteiger partial charge in [0.15, 0.2) is 0 Å². The minimum atomic E-state index is -0.206. The molecule has 0 radical (unpaired) electrons. The molecule has 0 aliphatic carbocycles. The van der Waals surface area contributed by atoms with Gasteiger partial charge in [0.05, 0.1) is 0 Å². The number of nitrogens with one attached hydrogen (secondary N) is 1. The van der Waals surface area contributed by atoms with Crippen LogP contribution < -0.4 is 5.32 Å². The van der Waals surface area contributed by atoms with E-state index in [1.165, 1.54) is 0 Å². The van der Waals surface area contributed by atoms with E-state index in [0.717, 1.165) is 24.2 Å². The molecule has 2 rings (SSSR count). The number of hydrogen-bond donors (Lipinski definition) is 1. The molecule has 5 nitrogen and oxygen atoms in total. The number of rotatable bonds is 4. The summed E-state index contributed by atoms with van der Waals surface area (Å²) in [5.41, 5.74) is 2.22. The van der Waals surface area contributed by atoms with Crippen LogP contribution in [0.1, 0.15) is 17.5 Å². The number of hydrogen-bond acceptors (Lipinski definition) is 3. The van der Waals surface area contributed by atoms with Gasteiger partial charge in [0, 0.05) is 32.7 Å².